The van der Waals surface area contributed by atoms with Gasteiger partial charge < -0.3 is 10.2 Å². The maximum atomic E-state index is 3.19. The van der Waals surface area contributed by atoms with E-state index in [9.17, 15) is 0 Å². The molecule has 0 amide bonds. The molecule has 96 valence electrons. The summed E-state index contributed by atoms with van der Waals surface area (Å²) in [7, 11) is 4.14. The van der Waals surface area contributed by atoms with Crippen molar-refractivity contribution in [3.63, 3.8) is 0 Å². The Morgan fingerprint density at radius 2 is 1.83 bits per heavy atom. The second-order valence-corrected chi connectivity index (χ2v) is 5.79. The molecular formula is C15H20N2S. The molecule has 0 aliphatic rings. The number of para-hydroxylation sites is 1. The maximum Gasteiger partial charge on any atom is 0.0519 e. The van der Waals surface area contributed by atoms with E-state index in [0.29, 0.717) is 0 Å². The van der Waals surface area contributed by atoms with Crippen molar-refractivity contribution in [1.82, 2.24) is 5.32 Å². The highest BCUT2D eigenvalue weighted by Crippen LogP contribution is 2.23. The van der Waals surface area contributed by atoms with E-state index in [1.807, 2.05) is 18.4 Å². The quantitative estimate of drug-likeness (QED) is 0.886. The predicted octanol–water partition coefficient (Wildman–Crippen LogP) is 3.41. The number of nitrogens with one attached hydrogen (secondary N) is 1. The van der Waals surface area contributed by atoms with Crippen molar-refractivity contribution in [2.75, 3.05) is 19.0 Å². The molecule has 0 saturated heterocycles. The minimum atomic E-state index is 0.957. The molecule has 18 heavy (non-hydrogen) atoms. The van der Waals surface area contributed by atoms with Gasteiger partial charge in [-0.3, -0.25) is 0 Å². The first-order chi connectivity index (χ1) is 8.70. The minimum absolute atomic E-state index is 0.957. The molecule has 1 aromatic carbocycles. The molecule has 0 radical (unpaired) electrons. The van der Waals surface area contributed by atoms with Crippen molar-refractivity contribution in [1.29, 1.82) is 0 Å². The van der Waals surface area contributed by atoms with Crippen molar-refractivity contribution in [2.24, 2.45) is 0 Å². The summed E-state index contributed by atoms with van der Waals surface area (Å²) in [4.78, 5) is 5.11. The SMILES string of the molecule is CNCc1ccc(CN(C)c2ccccc2C)s1. The molecule has 0 aliphatic heterocycles. The Bertz CT molecular complexity index is 505. The number of thiophene rings is 1. The molecule has 0 atom stereocenters. The Morgan fingerprint density at radius 1 is 1.11 bits per heavy atom. The van der Waals surface area contributed by atoms with Crippen molar-refractivity contribution in [3.05, 3.63) is 51.7 Å². The Hall–Kier alpha value is -1.32. The van der Waals surface area contributed by atoms with E-state index in [-0.39, 0.29) is 0 Å². The standard InChI is InChI=1S/C15H20N2S/c1-12-6-4-5-7-15(12)17(3)11-14-9-8-13(18-14)10-16-2/h4-9,16H,10-11H2,1-3H3. The molecule has 0 aliphatic carbocycles. The van der Waals surface area contributed by atoms with Crippen molar-refractivity contribution in [2.45, 2.75) is 20.0 Å². The molecule has 0 fully saturated rings. The van der Waals surface area contributed by atoms with E-state index in [4.69, 9.17) is 0 Å². The number of anilines is 1. The lowest BCUT2D eigenvalue weighted by Crippen LogP contribution is -2.16. The molecule has 2 rings (SSSR count). The summed E-state index contributed by atoms with van der Waals surface area (Å²) in [5.41, 5.74) is 2.63. The molecule has 1 N–H and O–H groups in total. The smallest absolute Gasteiger partial charge is 0.0519 e. The van der Waals surface area contributed by atoms with E-state index in [1.54, 1.807) is 0 Å². The molecule has 0 saturated carbocycles. The summed E-state index contributed by atoms with van der Waals surface area (Å²) in [6.07, 6.45) is 0. The highest BCUT2D eigenvalue weighted by molar-refractivity contribution is 7.12. The fraction of sp³-hybridized carbons (Fsp3) is 0.333. The van der Waals surface area contributed by atoms with E-state index < -0.39 is 0 Å². The predicted molar refractivity (Wildman–Crippen MR) is 80.4 cm³/mol. The van der Waals surface area contributed by atoms with Gasteiger partial charge in [0.15, 0.2) is 0 Å². The molecular weight excluding hydrogens is 240 g/mol. The molecule has 2 aromatic rings. The molecule has 0 unspecified atom stereocenters. The average Bonchev–Trinajstić information content (AvgIpc) is 2.77. The first-order valence-electron chi connectivity index (χ1n) is 6.19. The summed E-state index contributed by atoms with van der Waals surface area (Å²) >= 11 is 1.88. The van der Waals surface area contributed by atoms with Crippen LogP contribution >= 0.6 is 11.3 Å². The zero-order chi connectivity index (χ0) is 13.0. The summed E-state index contributed by atoms with van der Waals surface area (Å²) < 4.78 is 0. The zero-order valence-electron chi connectivity index (χ0n) is 11.2. The van der Waals surface area contributed by atoms with Gasteiger partial charge in [0.05, 0.1) is 6.54 Å². The number of aryl methyl sites for hydroxylation is 1. The van der Waals surface area contributed by atoms with Gasteiger partial charge >= 0.3 is 0 Å². The monoisotopic (exact) mass is 260 g/mol. The first kappa shape index (κ1) is 13.1. The third kappa shape index (κ3) is 3.12. The van der Waals surface area contributed by atoms with Gasteiger partial charge in [-0.2, -0.15) is 0 Å². The summed E-state index contributed by atoms with van der Waals surface area (Å²) in [6.45, 7) is 4.09. The normalized spacial score (nSPS) is 10.6. The van der Waals surface area contributed by atoms with E-state index >= 15 is 0 Å². The molecule has 0 spiro atoms. The van der Waals surface area contributed by atoms with Crippen LogP contribution in [-0.4, -0.2) is 14.1 Å². The lowest BCUT2D eigenvalue weighted by Gasteiger charge is -2.20. The molecule has 3 heteroatoms. The van der Waals surface area contributed by atoms with Crippen molar-refractivity contribution < 1.29 is 0 Å². The van der Waals surface area contributed by atoms with Gasteiger partial charge in [0, 0.05) is 29.0 Å². The van der Waals surface area contributed by atoms with Crippen LogP contribution in [0.2, 0.25) is 0 Å². The van der Waals surface area contributed by atoms with Crippen LogP contribution in [-0.2, 0) is 13.1 Å². The lowest BCUT2D eigenvalue weighted by atomic mass is 10.2. The van der Waals surface area contributed by atoms with Crippen LogP contribution in [0, 0.1) is 6.92 Å². The third-order valence-corrected chi connectivity index (χ3v) is 4.06. The Morgan fingerprint density at radius 3 is 2.56 bits per heavy atom. The van der Waals surface area contributed by atoms with Crippen LogP contribution in [0.3, 0.4) is 0 Å². The largest absolute Gasteiger partial charge is 0.369 e. The maximum absolute atomic E-state index is 3.19. The van der Waals surface area contributed by atoms with Gasteiger partial charge in [-0.1, -0.05) is 18.2 Å². The van der Waals surface area contributed by atoms with Crippen LogP contribution in [0.1, 0.15) is 15.3 Å². The lowest BCUT2D eigenvalue weighted by molar-refractivity contribution is 0.831. The van der Waals surface area contributed by atoms with Crippen LogP contribution in [0.25, 0.3) is 0 Å². The van der Waals surface area contributed by atoms with Crippen LogP contribution in [0.4, 0.5) is 5.69 Å². The van der Waals surface area contributed by atoms with Gasteiger partial charge in [0.2, 0.25) is 0 Å². The third-order valence-electron chi connectivity index (χ3n) is 2.99. The van der Waals surface area contributed by atoms with Gasteiger partial charge in [0.25, 0.3) is 0 Å². The Kier molecular flexibility index (Phi) is 4.39. The number of hydrogen-bond donors (Lipinski definition) is 1. The minimum Gasteiger partial charge on any atom is -0.369 e. The van der Waals surface area contributed by atoms with Gasteiger partial charge in [-0.15, -0.1) is 11.3 Å². The van der Waals surface area contributed by atoms with Gasteiger partial charge in [-0.05, 0) is 37.7 Å². The molecule has 2 nitrogen and oxygen atoms in total. The van der Waals surface area contributed by atoms with Gasteiger partial charge in [-0.25, -0.2) is 0 Å². The van der Waals surface area contributed by atoms with E-state index in [0.717, 1.165) is 13.1 Å². The molecule has 0 bridgehead atoms. The van der Waals surface area contributed by atoms with Gasteiger partial charge in [0.1, 0.15) is 0 Å². The van der Waals surface area contributed by atoms with Crippen molar-refractivity contribution >= 4 is 17.0 Å². The zero-order valence-corrected chi connectivity index (χ0v) is 12.1. The summed E-state index contributed by atoms with van der Waals surface area (Å²) in [5, 5.41) is 3.19. The van der Waals surface area contributed by atoms with E-state index in [2.05, 4.69) is 60.6 Å². The summed E-state index contributed by atoms with van der Waals surface area (Å²) in [5.74, 6) is 0. The number of hydrogen-bond acceptors (Lipinski definition) is 3. The summed E-state index contributed by atoms with van der Waals surface area (Å²) in [6, 6.07) is 13.0. The van der Waals surface area contributed by atoms with Crippen LogP contribution < -0.4 is 10.2 Å². The Labute approximate surface area is 113 Å². The Balaban J connectivity index is 2.06. The number of nitrogens with zero attached hydrogens (tertiary/aromatic N) is 1. The van der Waals surface area contributed by atoms with Crippen LogP contribution in [0.15, 0.2) is 36.4 Å². The highest BCUT2D eigenvalue weighted by atomic mass is 32.1. The topological polar surface area (TPSA) is 15.3 Å². The highest BCUT2D eigenvalue weighted by Gasteiger charge is 2.06. The molecule has 1 aromatic heterocycles. The first-order valence-corrected chi connectivity index (χ1v) is 7.01. The molecule has 1 heterocycles. The second-order valence-electron chi connectivity index (χ2n) is 4.54. The number of rotatable bonds is 5. The number of benzene rings is 1. The average molecular weight is 260 g/mol. The van der Waals surface area contributed by atoms with Crippen LogP contribution in [0.5, 0.6) is 0 Å². The fourth-order valence-electron chi connectivity index (χ4n) is 2.09. The van der Waals surface area contributed by atoms with Crippen molar-refractivity contribution in [3.8, 4) is 0 Å². The fourth-order valence-corrected chi connectivity index (χ4v) is 3.17. The second kappa shape index (κ2) is 6.03. The van der Waals surface area contributed by atoms with E-state index in [1.165, 1.54) is 21.0 Å².